The molecular weight excluding hydrogens is 546 g/mol. The van der Waals surface area contributed by atoms with Crippen molar-refractivity contribution in [1.82, 2.24) is 9.47 Å². The van der Waals surface area contributed by atoms with Crippen LogP contribution in [0, 0.1) is 13.8 Å². The molecule has 196 valence electrons. The van der Waals surface area contributed by atoms with Gasteiger partial charge in [-0.2, -0.15) is 0 Å². The normalized spacial score (nSPS) is 16.3. The second-order valence-corrected chi connectivity index (χ2v) is 11.7. The number of nitrogens with one attached hydrogen (secondary N) is 1. The van der Waals surface area contributed by atoms with E-state index in [2.05, 4.69) is 5.32 Å². The Hall–Kier alpha value is -3.34. The molecule has 0 spiro atoms. The second kappa shape index (κ2) is 10.4. The molecule has 5 rings (SSSR count). The number of aryl methyl sites for hydroxylation is 2. The number of amides is 3. The number of thioether (sulfide) groups is 1. The van der Waals surface area contributed by atoms with E-state index in [-0.39, 0.29) is 4.91 Å². The summed E-state index contributed by atoms with van der Waals surface area (Å²) in [5, 5.41) is 13.3. The van der Waals surface area contributed by atoms with Gasteiger partial charge in [0.2, 0.25) is 5.91 Å². The molecule has 1 aliphatic heterocycles. The molecular formula is C27H24ClN3O5S2. The third-order valence-corrected chi connectivity index (χ3v) is 9.07. The number of aromatic nitrogens is 1. The highest BCUT2D eigenvalue weighted by atomic mass is 35.5. The van der Waals surface area contributed by atoms with Gasteiger partial charge in [-0.15, -0.1) is 11.3 Å². The number of imide groups is 1. The Morgan fingerprint density at radius 2 is 1.84 bits per heavy atom. The summed E-state index contributed by atoms with van der Waals surface area (Å²) >= 11 is 8.15. The number of carboxylic acid groups (broad SMARTS) is 1. The number of carbonyl (C=O) groups is 4. The number of nitrogens with zero attached hydrogens (tertiary/aromatic N) is 2. The monoisotopic (exact) mass is 569 g/mol. The number of thiophene rings is 1. The average Bonchev–Trinajstić information content (AvgIpc) is 3.47. The Morgan fingerprint density at radius 1 is 1.13 bits per heavy atom. The average molecular weight is 570 g/mol. The first kappa shape index (κ1) is 26.3. The highest BCUT2D eigenvalue weighted by molar-refractivity contribution is 8.18. The topological polar surface area (TPSA) is 109 Å². The number of hydrogen-bond donors (Lipinski definition) is 2. The third kappa shape index (κ3) is 4.91. The van der Waals surface area contributed by atoms with E-state index in [1.54, 1.807) is 30.3 Å². The van der Waals surface area contributed by atoms with Crippen LogP contribution < -0.4 is 5.32 Å². The fraction of sp³-hybridized carbons (Fsp3) is 0.259. The smallest absolute Gasteiger partial charge is 0.339 e. The fourth-order valence-electron chi connectivity index (χ4n) is 4.83. The molecule has 0 bridgehead atoms. The first-order valence-corrected chi connectivity index (χ1v) is 14.0. The number of anilines is 1. The molecule has 8 nitrogen and oxygen atoms in total. The minimum absolute atomic E-state index is 0.207. The van der Waals surface area contributed by atoms with Crippen molar-refractivity contribution >= 4 is 69.5 Å². The molecule has 3 heterocycles. The van der Waals surface area contributed by atoms with E-state index in [1.165, 1.54) is 11.3 Å². The van der Waals surface area contributed by atoms with Gasteiger partial charge >= 0.3 is 5.97 Å². The summed E-state index contributed by atoms with van der Waals surface area (Å²) in [5.41, 5.74) is 4.10. The molecule has 2 N–H and O–H groups in total. The lowest BCUT2D eigenvalue weighted by atomic mass is 9.95. The molecule has 2 aromatic heterocycles. The molecule has 2 aliphatic rings. The van der Waals surface area contributed by atoms with Crippen molar-refractivity contribution < 1.29 is 24.3 Å². The molecule has 0 radical (unpaired) electrons. The van der Waals surface area contributed by atoms with Gasteiger partial charge in [0.25, 0.3) is 11.1 Å². The van der Waals surface area contributed by atoms with E-state index in [9.17, 15) is 24.3 Å². The Morgan fingerprint density at radius 3 is 2.55 bits per heavy atom. The zero-order valence-corrected chi connectivity index (χ0v) is 23.1. The van der Waals surface area contributed by atoms with Gasteiger partial charge in [0.05, 0.1) is 10.5 Å². The van der Waals surface area contributed by atoms with Crippen molar-refractivity contribution in [3.63, 3.8) is 0 Å². The van der Waals surface area contributed by atoms with E-state index < -0.39 is 29.6 Å². The summed E-state index contributed by atoms with van der Waals surface area (Å²) in [6, 6.07) is 8.39. The number of carbonyl (C=O) groups excluding carboxylic acids is 3. The zero-order valence-electron chi connectivity index (χ0n) is 20.7. The van der Waals surface area contributed by atoms with Crippen LogP contribution in [0.2, 0.25) is 5.02 Å². The van der Waals surface area contributed by atoms with Crippen LogP contribution in [0.4, 0.5) is 10.5 Å². The molecule has 1 saturated heterocycles. The van der Waals surface area contributed by atoms with E-state index in [1.807, 2.05) is 24.5 Å². The van der Waals surface area contributed by atoms with Crippen LogP contribution in [0.25, 0.3) is 11.1 Å². The van der Waals surface area contributed by atoms with Crippen molar-refractivity contribution in [2.24, 2.45) is 0 Å². The highest BCUT2D eigenvalue weighted by Gasteiger charge is 2.36. The molecule has 11 heteroatoms. The van der Waals surface area contributed by atoms with Crippen molar-refractivity contribution in [3.05, 3.63) is 73.2 Å². The quantitative estimate of drug-likeness (QED) is 0.349. The van der Waals surface area contributed by atoms with E-state index in [0.717, 1.165) is 64.2 Å². The van der Waals surface area contributed by atoms with E-state index >= 15 is 0 Å². The standard InChI is InChI=1S/C27H24ClN3O5S2/c1-14-11-16(15(2)31(14)25-23(26(34)35)19-5-3-4-6-20(19)37-25)12-21-24(33)30(27(36)38-21)13-22(32)29-18-9-7-17(28)8-10-18/h7-12H,3-6,13H2,1-2H3,(H,29,32)(H,34,35)/b21-12-. The summed E-state index contributed by atoms with van der Waals surface area (Å²) in [4.78, 5) is 52.6. The fourth-order valence-corrected chi connectivity index (χ4v) is 7.28. The van der Waals surface area contributed by atoms with Gasteiger partial charge in [-0.05, 0) is 98.8 Å². The summed E-state index contributed by atoms with van der Waals surface area (Å²) in [6.45, 7) is 3.35. The lowest BCUT2D eigenvalue weighted by molar-refractivity contribution is -0.127. The summed E-state index contributed by atoms with van der Waals surface area (Å²) in [7, 11) is 0. The van der Waals surface area contributed by atoms with E-state index in [4.69, 9.17) is 11.6 Å². The van der Waals surface area contributed by atoms with Crippen LogP contribution in [-0.4, -0.2) is 44.1 Å². The lowest BCUT2D eigenvalue weighted by Gasteiger charge is -2.12. The number of hydrogen-bond acceptors (Lipinski definition) is 6. The van der Waals surface area contributed by atoms with Crippen LogP contribution >= 0.6 is 34.7 Å². The van der Waals surface area contributed by atoms with Gasteiger partial charge in [-0.1, -0.05) is 11.6 Å². The summed E-state index contributed by atoms with van der Waals surface area (Å²) in [5.74, 6) is -1.99. The zero-order chi connectivity index (χ0) is 27.1. The number of rotatable bonds is 6. The maximum atomic E-state index is 13.0. The molecule has 3 aromatic rings. The maximum Gasteiger partial charge on any atom is 0.339 e. The Labute approximate surface area is 232 Å². The third-order valence-electron chi connectivity index (χ3n) is 6.63. The van der Waals surface area contributed by atoms with Gasteiger partial charge in [0, 0.05) is 27.0 Å². The van der Waals surface area contributed by atoms with Gasteiger partial charge in [-0.3, -0.25) is 19.3 Å². The van der Waals surface area contributed by atoms with Gasteiger partial charge in [0.15, 0.2) is 0 Å². The van der Waals surface area contributed by atoms with Gasteiger partial charge in [-0.25, -0.2) is 4.79 Å². The Kier molecular flexibility index (Phi) is 7.21. The number of halogens is 1. The van der Waals surface area contributed by atoms with Gasteiger partial charge < -0.3 is 15.0 Å². The first-order valence-electron chi connectivity index (χ1n) is 12.0. The SMILES string of the molecule is Cc1cc(/C=C2\SC(=O)N(CC(=O)Nc3ccc(Cl)cc3)C2=O)c(C)n1-c1sc2c(c1C(=O)O)CCCC2. The molecule has 1 aromatic carbocycles. The van der Waals surface area contributed by atoms with E-state index in [0.29, 0.717) is 26.8 Å². The van der Waals surface area contributed by atoms with Crippen LogP contribution in [0.3, 0.4) is 0 Å². The van der Waals surface area contributed by atoms with Crippen molar-refractivity contribution in [3.8, 4) is 5.00 Å². The number of aromatic carboxylic acids is 1. The lowest BCUT2D eigenvalue weighted by Crippen LogP contribution is -2.36. The molecule has 0 saturated carbocycles. The van der Waals surface area contributed by atoms with Crippen LogP contribution in [0.5, 0.6) is 0 Å². The molecule has 0 atom stereocenters. The van der Waals surface area contributed by atoms with Crippen LogP contribution in [0.15, 0.2) is 35.2 Å². The molecule has 1 aliphatic carbocycles. The molecule has 38 heavy (non-hydrogen) atoms. The van der Waals surface area contributed by atoms with Crippen LogP contribution in [-0.2, 0) is 22.4 Å². The van der Waals surface area contributed by atoms with Crippen LogP contribution in [0.1, 0.15) is 50.6 Å². The molecule has 1 fully saturated rings. The van der Waals surface area contributed by atoms with Gasteiger partial charge in [0.1, 0.15) is 11.5 Å². The minimum atomic E-state index is -0.938. The summed E-state index contributed by atoms with van der Waals surface area (Å²) < 4.78 is 1.92. The first-order chi connectivity index (χ1) is 18.1. The van der Waals surface area contributed by atoms with Crippen molar-refractivity contribution in [1.29, 1.82) is 0 Å². The highest BCUT2D eigenvalue weighted by Crippen LogP contribution is 2.40. The van der Waals surface area contributed by atoms with Crippen molar-refractivity contribution in [2.75, 3.05) is 11.9 Å². The summed E-state index contributed by atoms with van der Waals surface area (Å²) in [6.07, 6.45) is 5.30. The second-order valence-electron chi connectivity index (χ2n) is 9.18. The largest absolute Gasteiger partial charge is 0.478 e. The predicted molar refractivity (Wildman–Crippen MR) is 149 cm³/mol. The number of fused-ring (bicyclic) bond motifs is 1. The predicted octanol–water partition coefficient (Wildman–Crippen LogP) is 6.06. The molecule has 3 amide bonds. The maximum absolute atomic E-state index is 13.0. The number of carboxylic acids is 1. The number of benzene rings is 1. The molecule has 0 unspecified atom stereocenters. The minimum Gasteiger partial charge on any atom is -0.478 e. The Balaban J connectivity index is 1.40. The van der Waals surface area contributed by atoms with Crippen molar-refractivity contribution in [2.45, 2.75) is 39.5 Å². The Bertz CT molecular complexity index is 1520.